The highest BCUT2D eigenvalue weighted by atomic mass is 79.9. The maximum absolute atomic E-state index is 13.0. The van der Waals surface area contributed by atoms with Gasteiger partial charge in [0.1, 0.15) is 17.5 Å². The van der Waals surface area contributed by atoms with E-state index in [1.165, 1.54) is 43.3 Å². The predicted molar refractivity (Wildman–Crippen MR) is 96.3 cm³/mol. The Hall–Kier alpha value is -2.42. The highest BCUT2D eigenvalue weighted by Gasteiger charge is 2.33. The fraction of sp³-hybridized carbons (Fsp3) is 0.133. The highest BCUT2D eigenvalue weighted by molar-refractivity contribution is 9.10. The third-order valence-corrected chi connectivity index (χ3v) is 5.12. The van der Waals surface area contributed by atoms with E-state index >= 15 is 0 Å². The van der Waals surface area contributed by atoms with Gasteiger partial charge >= 0.3 is 13.7 Å². The highest BCUT2D eigenvalue weighted by Crippen LogP contribution is 2.45. The van der Waals surface area contributed by atoms with E-state index in [9.17, 15) is 19.5 Å². The zero-order chi connectivity index (χ0) is 19.3. The lowest BCUT2D eigenvalue weighted by atomic mass is 10.3. The summed E-state index contributed by atoms with van der Waals surface area (Å²) in [7, 11) is -4.15. The van der Waals surface area contributed by atoms with Crippen LogP contribution in [0.5, 0.6) is 11.5 Å². The molecule has 0 heterocycles. The number of carbonyl (C=O) groups is 1. The zero-order valence-electron chi connectivity index (χ0n) is 13.4. The molecule has 138 valence electrons. The summed E-state index contributed by atoms with van der Waals surface area (Å²) in [6.07, 6.45) is 0. The van der Waals surface area contributed by atoms with Crippen molar-refractivity contribution in [3.63, 3.8) is 0 Å². The number of nitro groups is 1. The normalized spacial score (nSPS) is 14.1. The van der Waals surface area contributed by atoms with Gasteiger partial charge in [-0.3, -0.25) is 14.9 Å². The first kappa shape index (κ1) is 19.9. The van der Waals surface area contributed by atoms with E-state index in [1.54, 1.807) is 12.1 Å². The van der Waals surface area contributed by atoms with Gasteiger partial charge < -0.3 is 14.2 Å². The van der Waals surface area contributed by atoms with Gasteiger partial charge in [0.05, 0.1) is 4.92 Å². The fourth-order valence-electron chi connectivity index (χ4n) is 1.79. The van der Waals surface area contributed by atoms with Gasteiger partial charge in [-0.1, -0.05) is 22.0 Å². The second-order valence-electron chi connectivity index (χ2n) is 5.08. The average molecular weight is 445 g/mol. The van der Waals surface area contributed by atoms with Crippen molar-refractivity contribution in [3.05, 3.63) is 63.1 Å². The van der Waals surface area contributed by atoms with E-state index in [2.05, 4.69) is 21.0 Å². The number of nitrogens with one attached hydrogen (secondary N) is 1. The first-order valence-corrected chi connectivity index (χ1v) is 9.52. The maximum Gasteiger partial charge on any atom is 0.513 e. The molecule has 0 radical (unpaired) electrons. The van der Waals surface area contributed by atoms with Gasteiger partial charge in [-0.2, -0.15) is 5.09 Å². The molecule has 2 aromatic rings. The molecule has 0 spiro atoms. The summed E-state index contributed by atoms with van der Waals surface area (Å²) < 4.78 is 24.4. The lowest BCUT2D eigenvalue weighted by molar-refractivity contribution is -0.384. The molecule has 0 aliphatic heterocycles. The standard InChI is InChI=1S/C15H14BrN2O7P/c1-10(15(19)20)17-26(23,25-14-4-2-3-11(16)9-14)24-13-7-5-12(6-8-13)18(21)22/h2-10H,1H3,(H,17,23)(H,19,20)/t10-,26?/m0/s1. The van der Waals surface area contributed by atoms with Gasteiger partial charge in [0.25, 0.3) is 5.69 Å². The first-order valence-electron chi connectivity index (χ1n) is 7.18. The number of non-ortho nitro benzene ring substituents is 1. The van der Waals surface area contributed by atoms with Crippen LogP contribution in [-0.4, -0.2) is 22.0 Å². The zero-order valence-corrected chi connectivity index (χ0v) is 15.8. The molecule has 26 heavy (non-hydrogen) atoms. The summed E-state index contributed by atoms with van der Waals surface area (Å²) in [5.74, 6) is -1.07. The molecular weight excluding hydrogens is 431 g/mol. The molecule has 0 amide bonds. The van der Waals surface area contributed by atoms with Crippen molar-refractivity contribution in [1.82, 2.24) is 5.09 Å². The number of halogens is 1. The van der Waals surface area contributed by atoms with Crippen LogP contribution in [0.25, 0.3) is 0 Å². The van der Waals surface area contributed by atoms with E-state index in [4.69, 9.17) is 14.2 Å². The van der Waals surface area contributed by atoms with Crippen molar-refractivity contribution < 1.29 is 28.4 Å². The molecule has 11 heteroatoms. The Morgan fingerprint density at radius 1 is 1.23 bits per heavy atom. The van der Waals surface area contributed by atoms with Gasteiger partial charge in [-0.05, 0) is 37.3 Å². The molecule has 0 bridgehead atoms. The number of rotatable bonds is 8. The van der Waals surface area contributed by atoms with Crippen molar-refractivity contribution >= 4 is 35.3 Å². The van der Waals surface area contributed by atoms with Gasteiger partial charge in [-0.25, -0.2) is 4.57 Å². The monoisotopic (exact) mass is 444 g/mol. The number of nitro benzene ring substituents is 1. The molecule has 0 saturated carbocycles. The quantitative estimate of drug-likeness (QED) is 0.355. The van der Waals surface area contributed by atoms with Gasteiger partial charge in [0.15, 0.2) is 0 Å². The Kier molecular flexibility index (Phi) is 6.36. The van der Waals surface area contributed by atoms with Gasteiger partial charge in [0.2, 0.25) is 0 Å². The van der Waals surface area contributed by atoms with Crippen molar-refractivity contribution in [3.8, 4) is 11.5 Å². The van der Waals surface area contributed by atoms with Crippen LogP contribution in [0.3, 0.4) is 0 Å². The van der Waals surface area contributed by atoms with E-state index in [0.29, 0.717) is 4.47 Å². The minimum Gasteiger partial charge on any atom is -0.480 e. The number of aliphatic carboxylic acids is 1. The number of nitrogens with zero attached hydrogens (tertiary/aromatic N) is 1. The summed E-state index contributed by atoms with van der Waals surface area (Å²) in [4.78, 5) is 21.2. The molecule has 2 atom stereocenters. The number of hydrogen-bond acceptors (Lipinski definition) is 6. The first-order chi connectivity index (χ1) is 12.2. The largest absolute Gasteiger partial charge is 0.513 e. The second kappa shape index (κ2) is 8.31. The van der Waals surface area contributed by atoms with Crippen LogP contribution in [-0.2, 0) is 9.36 Å². The van der Waals surface area contributed by atoms with Gasteiger partial charge in [0, 0.05) is 16.6 Å². The third kappa shape index (κ3) is 5.55. The lowest BCUT2D eigenvalue weighted by Gasteiger charge is -2.22. The van der Waals surface area contributed by atoms with Crippen LogP contribution in [0.15, 0.2) is 53.0 Å². The van der Waals surface area contributed by atoms with Crippen molar-refractivity contribution in [1.29, 1.82) is 0 Å². The number of carboxylic acid groups (broad SMARTS) is 1. The van der Waals surface area contributed by atoms with Crippen molar-refractivity contribution in [2.75, 3.05) is 0 Å². The molecule has 2 rings (SSSR count). The lowest BCUT2D eigenvalue weighted by Crippen LogP contribution is -2.34. The maximum atomic E-state index is 13.0. The van der Waals surface area contributed by atoms with Crippen LogP contribution >= 0.6 is 23.7 Å². The van der Waals surface area contributed by atoms with Crippen LogP contribution < -0.4 is 14.1 Å². The average Bonchev–Trinajstić information content (AvgIpc) is 2.54. The van der Waals surface area contributed by atoms with E-state index in [1.807, 2.05) is 0 Å². The van der Waals surface area contributed by atoms with Crippen LogP contribution in [0.4, 0.5) is 5.69 Å². The molecule has 2 aromatic carbocycles. The van der Waals surface area contributed by atoms with Crippen LogP contribution in [0.1, 0.15) is 6.92 Å². The van der Waals surface area contributed by atoms with Gasteiger partial charge in [-0.15, -0.1) is 0 Å². The van der Waals surface area contributed by atoms with Crippen molar-refractivity contribution in [2.45, 2.75) is 13.0 Å². The molecule has 1 unspecified atom stereocenters. The Morgan fingerprint density at radius 3 is 2.38 bits per heavy atom. The summed E-state index contributed by atoms with van der Waals surface area (Å²) >= 11 is 3.24. The van der Waals surface area contributed by atoms with Crippen molar-refractivity contribution in [2.24, 2.45) is 0 Å². The summed E-state index contributed by atoms with van der Waals surface area (Å²) in [5.41, 5.74) is -0.174. The summed E-state index contributed by atoms with van der Waals surface area (Å²) in [6.45, 7) is 1.28. The summed E-state index contributed by atoms with van der Waals surface area (Å²) in [6, 6.07) is 9.98. The topological polar surface area (TPSA) is 128 Å². The van der Waals surface area contributed by atoms with Crippen LogP contribution in [0.2, 0.25) is 0 Å². The van der Waals surface area contributed by atoms with E-state index < -0.39 is 24.7 Å². The van der Waals surface area contributed by atoms with Crippen LogP contribution in [0, 0.1) is 10.1 Å². The Bertz CT molecular complexity index is 859. The smallest absolute Gasteiger partial charge is 0.480 e. The van der Waals surface area contributed by atoms with E-state index in [-0.39, 0.29) is 17.2 Å². The molecule has 0 fully saturated rings. The number of benzene rings is 2. The third-order valence-electron chi connectivity index (χ3n) is 3.02. The Balaban J connectivity index is 2.28. The van der Waals surface area contributed by atoms with E-state index in [0.717, 1.165) is 0 Å². The second-order valence-corrected chi connectivity index (χ2v) is 7.61. The molecule has 0 aromatic heterocycles. The Morgan fingerprint density at radius 2 is 1.85 bits per heavy atom. The predicted octanol–water partition coefficient (Wildman–Crippen LogP) is 3.99. The Labute approximate surface area is 156 Å². The SMILES string of the molecule is C[C@H](NP(=O)(Oc1ccc([N+](=O)[O-])cc1)Oc1cccc(Br)c1)C(=O)O. The fourth-order valence-corrected chi connectivity index (χ4v) is 3.69. The number of hydrogen-bond donors (Lipinski definition) is 2. The molecule has 0 saturated heterocycles. The summed E-state index contributed by atoms with van der Waals surface area (Å²) in [5, 5.41) is 22.0. The molecule has 0 aliphatic rings. The number of carboxylic acids is 1. The minimum absolute atomic E-state index is 0.0130. The molecular formula is C15H14BrN2O7P. The molecule has 9 nitrogen and oxygen atoms in total. The molecule has 0 aliphatic carbocycles. The minimum atomic E-state index is -4.15. The molecule has 2 N–H and O–H groups in total.